The number of aromatic nitrogens is 4. The number of aromatic amines is 2. The summed E-state index contributed by atoms with van der Waals surface area (Å²) in [5, 5.41) is 5.37. The van der Waals surface area contributed by atoms with Gasteiger partial charge in [-0.1, -0.05) is 132 Å². The van der Waals surface area contributed by atoms with Crippen molar-refractivity contribution < 1.29 is 33.2 Å². The Balaban J connectivity index is 0.964. The van der Waals surface area contributed by atoms with E-state index < -0.39 is 41.5 Å². The van der Waals surface area contributed by atoms with E-state index in [-0.39, 0.29) is 34.8 Å². The Labute approximate surface area is 378 Å². The molecule has 2 fully saturated rings. The summed E-state index contributed by atoms with van der Waals surface area (Å²) in [6.07, 6.45) is 3.79. The average molecular weight is 903 g/mol. The maximum atomic E-state index is 14.2. The molecule has 17 heteroatoms. The van der Waals surface area contributed by atoms with E-state index in [1.807, 2.05) is 72.8 Å². The molecule has 0 radical (unpaired) electrons. The molecule has 4 amide bonds. The number of methoxy groups -OCH3 is 2. The molecular weight excluding hydrogens is 856 g/mol. The van der Waals surface area contributed by atoms with Crippen LogP contribution in [0, 0.1) is 0 Å². The summed E-state index contributed by atoms with van der Waals surface area (Å²) in [6.45, 7) is 0.734. The van der Waals surface area contributed by atoms with Crippen LogP contribution in [-0.4, -0.2) is 97.1 Å². The number of halogens is 1. The number of nitrogens with zero attached hydrogens (tertiary/aromatic N) is 4. The van der Waals surface area contributed by atoms with Gasteiger partial charge in [0.1, 0.15) is 29.0 Å². The number of hydrogen-bond acceptors (Lipinski definition) is 9. The smallest absolute Gasteiger partial charge is 0.407 e. The summed E-state index contributed by atoms with van der Waals surface area (Å²) in [5.41, 5.74) is 6.28. The topological polar surface area (TPSA) is 198 Å². The molecule has 15 nitrogen and oxygen atoms in total. The van der Waals surface area contributed by atoms with Crippen molar-refractivity contribution in [1.82, 2.24) is 40.4 Å². The number of imidazole rings is 2. The second-order valence-corrected chi connectivity index (χ2v) is 17.7. The summed E-state index contributed by atoms with van der Waals surface area (Å²) < 4.78 is 22.4. The standard InChI is InChI=1S/C47H47ClN8O7S/c1-62-46(59)52-39(31-11-6-4-7-12-31)44(57)55-24-10-15-36(55)43-51-38(41(48)54-43)33-22-18-29(19-23-33)28-16-20-30(21-17-28)35-26-49-42(50-35)37-25-34(64(3)61)27-56(37)45(58)40(53-47(60)63-2)32-13-8-5-9-14-32/h4-9,11-14,16-23,26,34,36-37,39-40H,10,15,24-25,27H2,1-3H3,(H,49,50)(H,51,54)(H,52,59)(H,53,60)/t34-,36-,37-,39+,40-,64?/m0/s1. The van der Waals surface area contributed by atoms with Gasteiger partial charge < -0.3 is 44.4 Å². The van der Waals surface area contributed by atoms with Crippen LogP contribution in [0.5, 0.6) is 0 Å². The van der Waals surface area contributed by atoms with Crippen LogP contribution in [0.3, 0.4) is 0 Å². The van der Waals surface area contributed by atoms with Crippen LogP contribution in [0.15, 0.2) is 115 Å². The highest BCUT2D eigenvalue weighted by molar-refractivity contribution is 7.91. The number of carbonyl (C=O) groups is 4. The molecule has 0 bridgehead atoms. The predicted octanol–water partition coefficient (Wildman–Crippen LogP) is 7.67. The van der Waals surface area contributed by atoms with Crippen molar-refractivity contribution in [3.63, 3.8) is 0 Å². The van der Waals surface area contributed by atoms with Crippen molar-refractivity contribution in [3.05, 3.63) is 143 Å². The number of carbonyl (C=O) groups excluding carboxylic acids is 4. The zero-order chi connectivity index (χ0) is 44.9. The molecule has 0 aliphatic carbocycles. The van der Waals surface area contributed by atoms with Gasteiger partial charge in [0.15, 0.2) is 5.15 Å². The summed E-state index contributed by atoms with van der Waals surface area (Å²) in [4.78, 5) is 72.3. The van der Waals surface area contributed by atoms with Crippen LogP contribution >= 0.6 is 11.6 Å². The lowest BCUT2D eigenvalue weighted by Gasteiger charge is -2.28. The molecular formula is C47H47ClN8O7S. The number of rotatable bonds is 12. The molecule has 0 saturated carbocycles. The van der Waals surface area contributed by atoms with Gasteiger partial charge in [0.2, 0.25) is 0 Å². The Kier molecular flexibility index (Phi) is 13.3. The molecule has 8 rings (SSSR count). The van der Waals surface area contributed by atoms with Crippen LogP contribution in [0.1, 0.15) is 66.2 Å². The Bertz CT molecular complexity index is 2590. The highest BCUT2D eigenvalue weighted by atomic mass is 35.5. The first-order valence-corrected chi connectivity index (χ1v) is 22.8. The van der Waals surface area contributed by atoms with Crippen LogP contribution in [0.4, 0.5) is 9.59 Å². The van der Waals surface area contributed by atoms with Crippen LogP contribution in [0.25, 0.3) is 33.6 Å². The Morgan fingerprint density at radius 1 is 0.734 bits per heavy atom. The van der Waals surface area contributed by atoms with Gasteiger partial charge in [-0.05, 0) is 40.7 Å². The molecule has 64 heavy (non-hydrogen) atoms. The number of H-pyrrole nitrogens is 2. The third kappa shape index (κ3) is 9.35. The molecule has 4 aromatic carbocycles. The molecule has 4 heterocycles. The van der Waals surface area contributed by atoms with Crippen molar-refractivity contribution in [2.75, 3.05) is 33.6 Å². The Morgan fingerprint density at radius 3 is 1.81 bits per heavy atom. The number of nitrogens with one attached hydrogen (secondary N) is 4. The third-order valence-corrected chi connectivity index (χ3v) is 13.4. The minimum atomic E-state index is -1.20. The summed E-state index contributed by atoms with van der Waals surface area (Å²) >= 11 is 5.53. The molecule has 6 aromatic rings. The second kappa shape index (κ2) is 19.4. The fraction of sp³-hybridized carbons (Fsp3) is 0.277. The van der Waals surface area contributed by atoms with Crippen molar-refractivity contribution >= 4 is 46.8 Å². The molecule has 330 valence electrons. The molecule has 2 saturated heterocycles. The third-order valence-electron chi connectivity index (χ3n) is 11.8. The number of benzene rings is 4. The number of alkyl carbamates (subject to hydrolysis) is 2. The Hall–Kier alpha value is -6.62. The van der Waals surface area contributed by atoms with Crippen molar-refractivity contribution in [1.29, 1.82) is 0 Å². The molecule has 0 spiro atoms. The Morgan fingerprint density at radius 2 is 1.27 bits per heavy atom. The highest BCUT2D eigenvalue weighted by Crippen LogP contribution is 2.39. The lowest BCUT2D eigenvalue weighted by atomic mass is 10.0. The number of amides is 4. The largest absolute Gasteiger partial charge is 0.616 e. The first kappa shape index (κ1) is 44.0. The molecule has 2 aliphatic rings. The first-order valence-electron chi connectivity index (χ1n) is 20.8. The van der Waals surface area contributed by atoms with Gasteiger partial charge in [0, 0.05) is 18.5 Å². The van der Waals surface area contributed by atoms with Crippen molar-refractivity contribution in [2.24, 2.45) is 0 Å². The number of likely N-dealkylation sites (tertiary alicyclic amines) is 2. The molecule has 2 aliphatic heterocycles. The van der Waals surface area contributed by atoms with Gasteiger partial charge in [-0.15, -0.1) is 0 Å². The maximum absolute atomic E-state index is 14.2. The average Bonchev–Trinajstić information content (AvgIpc) is 4.17. The van der Waals surface area contributed by atoms with Crippen molar-refractivity contribution in [2.45, 2.75) is 48.7 Å². The summed E-state index contributed by atoms with van der Waals surface area (Å²) in [5.74, 6) is 0.503. The van der Waals surface area contributed by atoms with E-state index in [1.165, 1.54) is 14.2 Å². The SMILES string of the molecule is COC(=O)N[C@H](C(=O)N1C[C@@H]([S+](C)[O-])C[C@H]1c1ncc(-c2ccc(-c3ccc(-c4[nH]c([C@@H]5CCCN5C(=O)[C@H](NC(=O)OC)c5ccccc5)nc4Cl)cc3)cc2)[nH]1)c1ccccc1. The number of ether oxygens (including phenoxy) is 2. The van der Waals surface area contributed by atoms with E-state index in [1.54, 1.807) is 58.7 Å². The van der Waals surface area contributed by atoms with E-state index in [2.05, 4.69) is 25.6 Å². The fourth-order valence-corrected chi connectivity index (χ4v) is 9.52. The van der Waals surface area contributed by atoms with E-state index in [0.29, 0.717) is 47.9 Å². The lowest BCUT2D eigenvalue weighted by Crippen LogP contribution is -2.43. The summed E-state index contributed by atoms with van der Waals surface area (Å²) in [6, 6.07) is 31.1. The molecule has 4 N–H and O–H groups in total. The normalized spacial score (nSPS) is 18.5. The van der Waals surface area contributed by atoms with Crippen LogP contribution < -0.4 is 10.6 Å². The van der Waals surface area contributed by atoms with E-state index in [9.17, 15) is 23.7 Å². The fourth-order valence-electron chi connectivity index (χ4n) is 8.45. The lowest BCUT2D eigenvalue weighted by molar-refractivity contribution is -0.135. The highest BCUT2D eigenvalue weighted by Gasteiger charge is 2.45. The van der Waals surface area contributed by atoms with Gasteiger partial charge in [0.05, 0.1) is 56.7 Å². The minimum absolute atomic E-state index is 0.240. The zero-order valence-electron chi connectivity index (χ0n) is 35.3. The molecule has 2 aromatic heterocycles. The first-order chi connectivity index (χ1) is 31.0. The van der Waals surface area contributed by atoms with Gasteiger partial charge >= 0.3 is 12.2 Å². The van der Waals surface area contributed by atoms with Crippen LogP contribution in [0.2, 0.25) is 5.15 Å². The van der Waals surface area contributed by atoms with Gasteiger partial charge in [-0.25, -0.2) is 19.6 Å². The summed E-state index contributed by atoms with van der Waals surface area (Å²) in [7, 11) is 2.50. The van der Waals surface area contributed by atoms with E-state index in [4.69, 9.17) is 26.1 Å². The van der Waals surface area contributed by atoms with Gasteiger partial charge in [-0.3, -0.25) is 9.59 Å². The minimum Gasteiger partial charge on any atom is -0.616 e. The predicted molar refractivity (Wildman–Crippen MR) is 242 cm³/mol. The zero-order valence-corrected chi connectivity index (χ0v) is 36.9. The van der Waals surface area contributed by atoms with Crippen LogP contribution in [-0.2, 0) is 30.2 Å². The van der Waals surface area contributed by atoms with Gasteiger partial charge in [-0.2, -0.15) is 0 Å². The maximum Gasteiger partial charge on any atom is 0.407 e. The molecule has 6 atom stereocenters. The van der Waals surface area contributed by atoms with E-state index in [0.717, 1.165) is 34.4 Å². The second-order valence-electron chi connectivity index (χ2n) is 15.6. The monoisotopic (exact) mass is 902 g/mol. The van der Waals surface area contributed by atoms with Crippen molar-refractivity contribution in [3.8, 4) is 33.6 Å². The van der Waals surface area contributed by atoms with E-state index >= 15 is 0 Å². The number of hydrogen-bond donors (Lipinski definition) is 4. The van der Waals surface area contributed by atoms with Gasteiger partial charge in [0.25, 0.3) is 11.8 Å². The molecule has 1 unspecified atom stereocenters. The quantitative estimate of drug-likeness (QED) is 0.0891.